The fourth-order valence-corrected chi connectivity index (χ4v) is 2.97. The number of hydrogen-bond acceptors (Lipinski definition) is 4. The molecule has 7 heteroatoms. The van der Waals surface area contributed by atoms with E-state index < -0.39 is 0 Å². The van der Waals surface area contributed by atoms with E-state index >= 15 is 0 Å². The first-order valence-electron chi connectivity index (χ1n) is 9.70. The Hall–Kier alpha value is -2.28. The van der Waals surface area contributed by atoms with Gasteiger partial charge < -0.3 is 25.0 Å². The van der Waals surface area contributed by atoms with Gasteiger partial charge in [-0.25, -0.2) is 4.79 Å². The minimum atomic E-state index is -0.216. The van der Waals surface area contributed by atoms with Crippen LogP contribution in [0.4, 0.5) is 4.79 Å². The Morgan fingerprint density at radius 1 is 1.15 bits per heavy atom. The van der Waals surface area contributed by atoms with Crippen LogP contribution in [0.3, 0.4) is 0 Å². The van der Waals surface area contributed by atoms with Crippen LogP contribution in [0.25, 0.3) is 0 Å². The Bertz CT molecular complexity index is 596. The summed E-state index contributed by atoms with van der Waals surface area (Å²) in [6.07, 6.45) is 1.54. The Morgan fingerprint density at radius 2 is 1.81 bits per heavy atom. The molecule has 27 heavy (non-hydrogen) atoms. The number of carbonyl (C=O) groups excluding carboxylic acids is 1. The number of likely N-dealkylation sites (tertiary alicyclic amines) is 1. The summed E-state index contributed by atoms with van der Waals surface area (Å²) in [5.41, 5.74) is 2.37. The Morgan fingerprint density at radius 3 is 2.41 bits per heavy atom. The minimum Gasteiger partial charge on any atom is -0.450 e. The van der Waals surface area contributed by atoms with Crippen LogP contribution in [0.15, 0.2) is 29.3 Å². The van der Waals surface area contributed by atoms with Crippen LogP contribution >= 0.6 is 0 Å². The maximum atomic E-state index is 11.8. The third-order valence-electron chi connectivity index (χ3n) is 4.54. The first-order chi connectivity index (χ1) is 13.2. The number of amides is 1. The summed E-state index contributed by atoms with van der Waals surface area (Å²) in [6, 6.07) is 8.69. The quantitative estimate of drug-likeness (QED) is 0.565. The van der Waals surface area contributed by atoms with Crippen molar-refractivity contribution >= 4 is 12.1 Å². The van der Waals surface area contributed by atoms with Crippen molar-refractivity contribution in [3.63, 3.8) is 0 Å². The highest BCUT2D eigenvalue weighted by Crippen LogP contribution is 2.11. The molecule has 1 amide bonds. The lowest BCUT2D eigenvalue weighted by atomic mass is 10.1. The number of carbonyl (C=O) groups is 1. The van der Waals surface area contributed by atoms with E-state index in [0.717, 1.165) is 25.4 Å². The first kappa shape index (κ1) is 21.0. The van der Waals surface area contributed by atoms with Gasteiger partial charge in [0.1, 0.15) is 0 Å². The number of ether oxygens (including phenoxy) is 2. The van der Waals surface area contributed by atoms with Crippen LogP contribution in [-0.2, 0) is 22.6 Å². The second-order valence-corrected chi connectivity index (χ2v) is 6.48. The summed E-state index contributed by atoms with van der Waals surface area (Å²) in [4.78, 5) is 17.8. The molecular weight excluding hydrogens is 344 g/mol. The molecule has 7 nitrogen and oxygen atoms in total. The minimum absolute atomic E-state index is 0.216. The zero-order valence-corrected chi connectivity index (χ0v) is 16.7. The first-order valence-corrected chi connectivity index (χ1v) is 9.70. The van der Waals surface area contributed by atoms with Crippen molar-refractivity contribution in [3.8, 4) is 0 Å². The molecule has 0 saturated carbocycles. The third kappa shape index (κ3) is 7.09. The molecule has 0 radical (unpaired) electrons. The molecule has 1 aromatic rings. The zero-order chi connectivity index (χ0) is 19.5. The van der Waals surface area contributed by atoms with E-state index in [0.29, 0.717) is 38.9 Å². The highest BCUT2D eigenvalue weighted by atomic mass is 16.6. The maximum absolute atomic E-state index is 11.8. The molecule has 2 N–H and O–H groups in total. The van der Waals surface area contributed by atoms with Gasteiger partial charge in [0, 0.05) is 39.3 Å². The van der Waals surface area contributed by atoms with Crippen molar-refractivity contribution in [2.24, 2.45) is 4.99 Å². The third-order valence-corrected chi connectivity index (χ3v) is 4.54. The van der Waals surface area contributed by atoms with Gasteiger partial charge >= 0.3 is 6.09 Å². The smallest absolute Gasteiger partial charge is 0.409 e. The molecule has 0 unspecified atom stereocenters. The van der Waals surface area contributed by atoms with Gasteiger partial charge in [0.25, 0.3) is 0 Å². The van der Waals surface area contributed by atoms with E-state index in [2.05, 4.69) is 39.9 Å². The molecule has 1 aliphatic heterocycles. The van der Waals surface area contributed by atoms with E-state index in [1.54, 1.807) is 11.9 Å². The molecule has 0 atom stereocenters. The highest BCUT2D eigenvalue weighted by Gasteiger charge is 2.23. The molecule has 0 aromatic heterocycles. The monoisotopic (exact) mass is 376 g/mol. The number of rotatable bonds is 7. The fraction of sp³-hybridized carbons (Fsp3) is 0.600. The maximum Gasteiger partial charge on any atom is 0.409 e. The summed E-state index contributed by atoms with van der Waals surface area (Å²) >= 11 is 0. The summed E-state index contributed by atoms with van der Waals surface area (Å²) in [6.45, 7) is 7.73. The Balaban J connectivity index is 1.74. The molecule has 1 aliphatic rings. The van der Waals surface area contributed by atoms with Gasteiger partial charge in [-0.2, -0.15) is 0 Å². The average Bonchev–Trinajstić information content (AvgIpc) is 2.71. The zero-order valence-electron chi connectivity index (χ0n) is 16.7. The molecule has 0 bridgehead atoms. The predicted octanol–water partition coefficient (Wildman–Crippen LogP) is 2.51. The molecule has 0 aliphatic carbocycles. The van der Waals surface area contributed by atoms with Crippen LogP contribution in [0, 0.1) is 0 Å². The van der Waals surface area contributed by atoms with Crippen molar-refractivity contribution in [3.05, 3.63) is 35.4 Å². The standard InChI is InChI=1S/C20H32N4O3/c1-4-26-15-17-8-6-16(7-9-17)14-22-19(21-3)23-18-10-12-24(13-11-18)20(25)27-5-2/h6-9,18H,4-5,10-15H2,1-3H3,(H2,21,22,23). The number of benzene rings is 1. The normalized spacial score (nSPS) is 15.5. The van der Waals surface area contributed by atoms with Gasteiger partial charge in [-0.05, 0) is 37.8 Å². The number of nitrogens with one attached hydrogen (secondary N) is 2. The van der Waals surface area contributed by atoms with E-state index in [1.165, 1.54) is 11.1 Å². The molecule has 1 heterocycles. The Kier molecular flexibility index (Phi) is 8.91. The van der Waals surface area contributed by atoms with Gasteiger partial charge in [0.15, 0.2) is 5.96 Å². The number of guanidine groups is 1. The van der Waals surface area contributed by atoms with Gasteiger partial charge in [-0.15, -0.1) is 0 Å². The van der Waals surface area contributed by atoms with Gasteiger partial charge in [0.05, 0.1) is 13.2 Å². The number of hydrogen-bond donors (Lipinski definition) is 2. The van der Waals surface area contributed by atoms with Crippen molar-refractivity contribution in [1.29, 1.82) is 0 Å². The second-order valence-electron chi connectivity index (χ2n) is 6.48. The molecule has 2 rings (SSSR count). The molecule has 1 saturated heterocycles. The second kappa shape index (κ2) is 11.4. The Labute approximate surface area is 162 Å². The van der Waals surface area contributed by atoms with Crippen molar-refractivity contribution in [1.82, 2.24) is 15.5 Å². The number of piperidine rings is 1. The number of nitrogens with zero attached hydrogens (tertiary/aromatic N) is 2. The topological polar surface area (TPSA) is 75.2 Å². The van der Waals surface area contributed by atoms with Crippen LogP contribution in [-0.4, -0.2) is 56.3 Å². The summed E-state index contributed by atoms with van der Waals surface area (Å²) in [5, 5.41) is 6.80. The van der Waals surface area contributed by atoms with Gasteiger partial charge in [-0.3, -0.25) is 4.99 Å². The van der Waals surface area contributed by atoms with Crippen molar-refractivity contribution < 1.29 is 14.3 Å². The summed E-state index contributed by atoms with van der Waals surface area (Å²) in [5.74, 6) is 0.781. The lowest BCUT2D eigenvalue weighted by Gasteiger charge is -2.32. The van der Waals surface area contributed by atoms with Crippen LogP contribution in [0.5, 0.6) is 0 Å². The van der Waals surface area contributed by atoms with E-state index in [-0.39, 0.29) is 6.09 Å². The average molecular weight is 377 g/mol. The summed E-state index contributed by atoms with van der Waals surface area (Å²) < 4.78 is 10.5. The van der Waals surface area contributed by atoms with E-state index in [9.17, 15) is 4.79 Å². The molecule has 0 spiro atoms. The number of aliphatic imine (C=N–C) groups is 1. The molecular formula is C20H32N4O3. The van der Waals surface area contributed by atoms with Crippen molar-refractivity contribution in [2.45, 2.75) is 45.9 Å². The van der Waals surface area contributed by atoms with E-state index in [1.807, 2.05) is 13.8 Å². The highest BCUT2D eigenvalue weighted by molar-refractivity contribution is 5.80. The predicted molar refractivity (Wildman–Crippen MR) is 107 cm³/mol. The SMILES string of the molecule is CCOCc1ccc(CNC(=NC)NC2CCN(C(=O)OCC)CC2)cc1. The van der Waals surface area contributed by atoms with Crippen LogP contribution < -0.4 is 10.6 Å². The molecule has 1 fully saturated rings. The van der Waals surface area contributed by atoms with Crippen molar-refractivity contribution in [2.75, 3.05) is 33.4 Å². The lowest BCUT2D eigenvalue weighted by Crippen LogP contribution is -2.49. The van der Waals surface area contributed by atoms with Crippen LogP contribution in [0.1, 0.15) is 37.8 Å². The summed E-state index contributed by atoms with van der Waals surface area (Å²) in [7, 11) is 1.77. The van der Waals surface area contributed by atoms with Gasteiger partial charge in [-0.1, -0.05) is 24.3 Å². The molecule has 1 aromatic carbocycles. The largest absolute Gasteiger partial charge is 0.450 e. The van der Waals surface area contributed by atoms with Gasteiger partial charge in [0.2, 0.25) is 0 Å². The fourth-order valence-electron chi connectivity index (χ4n) is 2.97. The van der Waals surface area contributed by atoms with Crippen LogP contribution in [0.2, 0.25) is 0 Å². The van der Waals surface area contributed by atoms with E-state index in [4.69, 9.17) is 9.47 Å². The molecule has 150 valence electrons. The lowest BCUT2D eigenvalue weighted by molar-refractivity contribution is 0.0963.